The van der Waals surface area contributed by atoms with E-state index < -0.39 is 10.0 Å². The molecule has 1 rings (SSSR count). The first-order chi connectivity index (χ1) is 8.97. The molecule has 0 aliphatic carbocycles. The quantitative estimate of drug-likeness (QED) is 0.804. The van der Waals surface area contributed by atoms with Gasteiger partial charge >= 0.3 is 0 Å². The fraction of sp³-hybridized carbons (Fsp3) is 0.417. The summed E-state index contributed by atoms with van der Waals surface area (Å²) in [7, 11) is -2.16. The SMILES string of the molecule is CCN(CCOC)S(=O)(=O)c1ccc(C#N)cc1Cl. The molecule has 0 bridgehead atoms. The molecule has 0 aliphatic heterocycles. The zero-order valence-electron chi connectivity index (χ0n) is 10.8. The summed E-state index contributed by atoms with van der Waals surface area (Å²) in [6, 6.07) is 6.04. The number of halogens is 1. The van der Waals surface area contributed by atoms with E-state index in [4.69, 9.17) is 21.6 Å². The van der Waals surface area contributed by atoms with Gasteiger partial charge in [-0.15, -0.1) is 0 Å². The van der Waals surface area contributed by atoms with Crippen LogP contribution >= 0.6 is 11.6 Å². The molecule has 1 aromatic carbocycles. The van der Waals surface area contributed by atoms with Crippen molar-refractivity contribution in [1.29, 1.82) is 5.26 Å². The number of hydrogen-bond acceptors (Lipinski definition) is 4. The molecule has 0 atom stereocenters. The van der Waals surface area contributed by atoms with Gasteiger partial charge in [-0.1, -0.05) is 18.5 Å². The summed E-state index contributed by atoms with van der Waals surface area (Å²) in [5.41, 5.74) is 0.323. The summed E-state index contributed by atoms with van der Waals surface area (Å²) in [6.07, 6.45) is 0. The molecule has 7 heteroatoms. The molecule has 0 spiro atoms. The third-order valence-electron chi connectivity index (χ3n) is 2.58. The van der Waals surface area contributed by atoms with Crippen LogP contribution in [0, 0.1) is 11.3 Å². The molecule has 104 valence electrons. The van der Waals surface area contributed by atoms with Crippen molar-refractivity contribution in [2.45, 2.75) is 11.8 Å². The normalized spacial score (nSPS) is 11.5. The van der Waals surface area contributed by atoms with Crippen LogP contribution in [-0.4, -0.2) is 39.5 Å². The minimum Gasteiger partial charge on any atom is -0.383 e. The Morgan fingerprint density at radius 3 is 2.63 bits per heavy atom. The minimum atomic E-state index is -3.67. The van der Waals surface area contributed by atoms with E-state index in [-0.39, 0.29) is 16.5 Å². The van der Waals surface area contributed by atoms with E-state index >= 15 is 0 Å². The summed E-state index contributed by atoms with van der Waals surface area (Å²) < 4.78 is 31.0. The highest BCUT2D eigenvalue weighted by atomic mass is 35.5. The summed E-state index contributed by atoms with van der Waals surface area (Å²) in [5.74, 6) is 0. The summed E-state index contributed by atoms with van der Waals surface area (Å²) in [4.78, 5) is 0.00567. The Kier molecular flexibility index (Phi) is 5.76. The maximum absolute atomic E-state index is 12.4. The van der Waals surface area contributed by atoms with Gasteiger partial charge in [0.25, 0.3) is 0 Å². The van der Waals surface area contributed by atoms with Crippen molar-refractivity contribution in [1.82, 2.24) is 4.31 Å². The Balaban J connectivity index is 3.15. The molecule has 0 unspecified atom stereocenters. The lowest BCUT2D eigenvalue weighted by Crippen LogP contribution is -2.33. The predicted octanol–water partition coefficient (Wildman–Crippen LogP) is 1.87. The number of ether oxygens (including phenoxy) is 1. The highest BCUT2D eigenvalue weighted by Gasteiger charge is 2.25. The van der Waals surface area contributed by atoms with Gasteiger partial charge in [0.1, 0.15) is 4.90 Å². The van der Waals surface area contributed by atoms with Crippen LogP contribution in [0.4, 0.5) is 0 Å². The van der Waals surface area contributed by atoms with Crippen LogP contribution in [0.1, 0.15) is 12.5 Å². The van der Waals surface area contributed by atoms with Crippen molar-refractivity contribution in [3.8, 4) is 6.07 Å². The average molecular weight is 303 g/mol. The van der Waals surface area contributed by atoms with Crippen molar-refractivity contribution < 1.29 is 13.2 Å². The number of nitrogens with zero attached hydrogens (tertiary/aromatic N) is 2. The monoisotopic (exact) mass is 302 g/mol. The van der Waals surface area contributed by atoms with Crippen molar-refractivity contribution in [2.24, 2.45) is 0 Å². The molecule has 0 heterocycles. The zero-order valence-corrected chi connectivity index (χ0v) is 12.3. The first kappa shape index (κ1) is 15.9. The lowest BCUT2D eigenvalue weighted by molar-refractivity contribution is 0.180. The topological polar surface area (TPSA) is 70.4 Å². The number of methoxy groups -OCH3 is 1. The first-order valence-electron chi connectivity index (χ1n) is 5.66. The Morgan fingerprint density at radius 1 is 1.47 bits per heavy atom. The maximum Gasteiger partial charge on any atom is 0.244 e. The molecule has 0 aromatic heterocycles. The number of nitriles is 1. The van der Waals surface area contributed by atoms with E-state index in [9.17, 15) is 8.42 Å². The molecule has 0 aliphatic rings. The maximum atomic E-state index is 12.4. The van der Waals surface area contributed by atoms with Gasteiger partial charge < -0.3 is 4.74 Å². The molecular formula is C12H15ClN2O3S. The zero-order chi connectivity index (χ0) is 14.5. The lowest BCUT2D eigenvalue weighted by Gasteiger charge is -2.20. The van der Waals surface area contributed by atoms with E-state index in [0.717, 1.165) is 0 Å². The van der Waals surface area contributed by atoms with Gasteiger partial charge in [-0.3, -0.25) is 0 Å². The molecule has 0 amide bonds. The van der Waals surface area contributed by atoms with E-state index in [1.165, 1.54) is 29.6 Å². The number of benzene rings is 1. The Bertz CT molecular complexity index is 581. The van der Waals surface area contributed by atoms with E-state index in [1.54, 1.807) is 6.92 Å². The molecular weight excluding hydrogens is 288 g/mol. The van der Waals surface area contributed by atoms with Gasteiger partial charge in [0, 0.05) is 20.2 Å². The van der Waals surface area contributed by atoms with Crippen LogP contribution in [-0.2, 0) is 14.8 Å². The molecule has 5 nitrogen and oxygen atoms in total. The summed E-state index contributed by atoms with van der Waals surface area (Å²) in [6.45, 7) is 2.62. The summed E-state index contributed by atoms with van der Waals surface area (Å²) in [5, 5.41) is 8.79. The van der Waals surface area contributed by atoms with E-state index in [1.807, 2.05) is 6.07 Å². The van der Waals surface area contributed by atoms with Gasteiger partial charge in [-0.05, 0) is 18.2 Å². The molecule has 0 radical (unpaired) electrons. The smallest absolute Gasteiger partial charge is 0.244 e. The Morgan fingerprint density at radius 2 is 2.16 bits per heavy atom. The van der Waals surface area contributed by atoms with Crippen LogP contribution in [0.2, 0.25) is 5.02 Å². The van der Waals surface area contributed by atoms with Crippen molar-refractivity contribution >= 4 is 21.6 Å². The molecule has 1 aromatic rings. The van der Waals surface area contributed by atoms with E-state index in [0.29, 0.717) is 18.7 Å². The van der Waals surface area contributed by atoms with Crippen molar-refractivity contribution in [3.05, 3.63) is 28.8 Å². The Hall–Kier alpha value is -1.13. The van der Waals surface area contributed by atoms with Gasteiger partial charge in [-0.2, -0.15) is 9.57 Å². The third kappa shape index (κ3) is 3.67. The van der Waals surface area contributed by atoms with Gasteiger partial charge in [0.15, 0.2) is 0 Å². The third-order valence-corrected chi connectivity index (χ3v) is 5.03. The lowest BCUT2D eigenvalue weighted by atomic mass is 10.2. The first-order valence-corrected chi connectivity index (χ1v) is 7.48. The number of likely N-dealkylation sites (N-methyl/N-ethyl adjacent to an activating group) is 1. The second-order valence-electron chi connectivity index (χ2n) is 3.75. The van der Waals surface area contributed by atoms with Crippen LogP contribution < -0.4 is 0 Å². The molecule has 0 saturated heterocycles. The van der Waals surface area contributed by atoms with Crippen LogP contribution in [0.25, 0.3) is 0 Å². The molecule has 0 fully saturated rings. The molecule has 19 heavy (non-hydrogen) atoms. The number of rotatable bonds is 6. The van der Waals surface area contributed by atoms with E-state index in [2.05, 4.69) is 0 Å². The van der Waals surface area contributed by atoms with Gasteiger partial charge in [0.2, 0.25) is 10.0 Å². The number of hydrogen-bond donors (Lipinski definition) is 0. The van der Waals surface area contributed by atoms with Crippen molar-refractivity contribution in [3.63, 3.8) is 0 Å². The van der Waals surface area contributed by atoms with Gasteiger partial charge in [-0.25, -0.2) is 8.42 Å². The Labute approximate surface area is 118 Å². The molecule has 0 N–H and O–H groups in total. The van der Waals surface area contributed by atoms with Crippen LogP contribution in [0.15, 0.2) is 23.1 Å². The largest absolute Gasteiger partial charge is 0.383 e. The van der Waals surface area contributed by atoms with Gasteiger partial charge in [0.05, 0.1) is 23.3 Å². The minimum absolute atomic E-state index is 0.00567. The molecule has 0 saturated carbocycles. The highest BCUT2D eigenvalue weighted by molar-refractivity contribution is 7.89. The van der Waals surface area contributed by atoms with Crippen molar-refractivity contribution in [2.75, 3.05) is 26.8 Å². The average Bonchev–Trinajstić information content (AvgIpc) is 2.38. The van der Waals surface area contributed by atoms with Crippen LogP contribution in [0.5, 0.6) is 0 Å². The second kappa shape index (κ2) is 6.87. The number of sulfonamides is 1. The fourth-order valence-electron chi connectivity index (χ4n) is 1.56. The predicted molar refractivity (Wildman–Crippen MR) is 72.5 cm³/mol. The standard InChI is InChI=1S/C12H15ClN2O3S/c1-3-15(6-7-18-2)19(16,17)12-5-4-10(9-14)8-11(12)13/h4-5,8H,3,6-7H2,1-2H3. The van der Waals surface area contributed by atoms with Crippen LogP contribution in [0.3, 0.4) is 0 Å². The summed E-state index contributed by atoms with van der Waals surface area (Å²) >= 11 is 5.94. The fourth-order valence-corrected chi connectivity index (χ4v) is 3.51. The highest BCUT2D eigenvalue weighted by Crippen LogP contribution is 2.25. The second-order valence-corrected chi connectivity index (χ2v) is 6.06.